The molecule has 0 atom stereocenters. The lowest BCUT2D eigenvalue weighted by Gasteiger charge is -2.09. The van der Waals surface area contributed by atoms with E-state index in [9.17, 15) is 9.59 Å². The minimum Gasteiger partial charge on any atom is -0.399 e. The van der Waals surface area contributed by atoms with Crippen molar-refractivity contribution in [1.29, 1.82) is 0 Å². The molecule has 2 N–H and O–H groups in total. The zero-order valence-corrected chi connectivity index (χ0v) is 9.23. The third kappa shape index (κ3) is 1.32. The van der Waals surface area contributed by atoms with E-state index in [0.29, 0.717) is 23.1 Å². The van der Waals surface area contributed by atoms with Gasteiger partial charge in [0.05, 0.1) is 10.9 Å². The van der Waals surface area contributed by atoms with E-state index in [4.69, 9.17) is 5.73 Å². The van der Waals surface area contributed by atoms with E-state index in [1.807, 2.05) is 6.92 Å². The van der Waals surface area contributed by atoms with Crippen LogP contribution >= 0.6 is 0 Å². The van der Waals surface area contributed by atoms with Gasteiger partial charge >= 0.3 is 5.69 Å². The first kappa shape index (κ1) is 10.5. The van der Waals surface area contributed by atoms with Crippen LogP contribution in [-0.4, -0.2) is 9.13 Å². The van der Waals surface area contributed by atoms with Crippen LogP contribution in [0.5, 0.6) is 0 Å². The van der Waals surface area contributed by atoms with Crippen LogP contribution in [0.15, 0.2) is 27.8 Å². The topological polar surface area (TPSA) is 70.0 Å². The highest BCUT2D eigenvalue weighted by Gasteiger charge is 2.09. The van der Waals surface area contributed by atoms with Crippen molar-refractivity contribution < 1.29 is 0 Å². The molecule has 2 aromatic rings. The Balaban J connectivity index is 3.10. The fourth-order valence-electron chi connectivity index (χ4n) is 1.82. The first-order chi connectivity index (χ1) is 7.56. The molecule has 5 nitrogen and oxygen atoms in total. The Kier molecular flexibility index (Phi) is 2.30. The third-order valence-electron chi connectivity index (χ3n) is 2.68. The minimum atomic E-state index is -0.308. The number of anilines is 1. The number of aryl methyl sites for hydroxylation is 1. The highest BCUT2D eigenvalue weighted by molar-refractivity contribution is 5.81. The van der Waals surface area contributed by atoms with Gasteiger partial charge in [0.25, 0.3) is 5.56 Å². The third-order valence-corrected chi connectivity index (χ3v) is 2.68. The van der Waals surface area contributed by atoms with E-state index < -0.39 is 0 Å². The Morgan fingerprint density at radius 1 is 1.31 bits per heavy atom. The lowest BCUT2D eigenvalue weighted by atomic mass is 10.2. The maximum absolute atomic E-state index is 11.9. The van der Waals surface area contributed by atoms with E-state index in [1.165, 1.54) is 7.05 Å². The smallest absolute Gasteiger partial charge is 0.331 e. The van der Waals surface area contributed by atoms with Crippen LogP contribution in [0.25, 0.3) is 10.9 Å². The van der Waals surface area contributed by atoms with Crippen molar-refractivity contribution in [2.75, 3.05) is 5.73 Å². The van der Waals surface area contributed by atoms with Gasteiger partial charge in [-0.2, -0.15) is 0 Å². The molecular weight excluding hydrogens is 206 g/mol. The van der Waals surface area contributed by atoms with Crippen molar-refractivity contribution in [3.8, 4) is 0 Å². The first-order valence-corrected chi connectivity index (χ1v) is 5.05. The number of nitrogens with two attached hydrogens (primary N) is 1. The molecule has 2 rings (SSSR count). The predicted octanol–water partition coefficient (Wildman–Crippen LogP) is 0.302. The lowest BCUT2D eigenvalue weighted by Crippen LogP contribution is -2.37. The van der Waals surface area contributed by atoms with Crippen LogP contribution in [0.2, 0.25) is 0 Å². The maximum atomic E-state index is 11.9. The van der Waals surface area contributed by atoms with Crippen molar-refractivity contribution in [1.82, 2.24) is 9.13 Å². The molecule has 16 heavy (non-hydrogen) atoms. The van der Waals surface area contributed by atoms with Gasteiger partial charge in [0.2, 0.25) is 0 Å². The molecule has 0 saturated carbocycles. The van der Waals surface area contributed by atoms with Crippen LogP contribution in [-0.2, 0) is 13.6 Å². The summed E-state index contributed by atoms with van der Waals surface area (Å²) in [6.45, 7) is 2.38. The van der Waals surface area contributed by atoms with Crippen molar-refractivity contribution in [3.63, 3.8) is 0 Å². The Bertz CT molecular complexity index is 667. The van der Waals surface area contributed by atoms with Crippen molar-refractivity contribution in [2.24, 2.45) is 7.05 Å². The van der Waals surface area contributed by atoms with E-state index in [1.54, 1.807) is 22.8 Å². The summed E-state index contributed by atoms with van der Waals surface area (Å²) in [6, 6.07) is 4.99. The van der Waals surface area contributed by atoms with Crippen LogP contribution in [0.1, 0.15) is 6.92 Å². The monoisotopic (exact) mass is 219 g/mol. The normalized spacial score (nSPS) is 10.9. The average Bonchev–Trinajstić information content (AvgIpc) is 2.28. The number of nitrogen functional groups attached to an aromatic ring is 1. The maximum Gasteiger partial charge on any atom is 0.331 e. The van der Waals surface area contributed by atoms with Gasteiger partial charge in [-0.05, 0) is 25.1 Å². The quantitative estimate of drug-likeness (QED) is 0.701. The van der Waals surface area contributed by atoms with Crippen molar-refractivity contribution >= 4 is 16.6 Å². The number of fused-ring (bicyclic) bond motifs is 1. The summed E-state index contributed by atoms with van der Waals surface area (Å²) in [5, 5.41) is 0.476. The summed E-state index contributed by atoms with van der Waals surface area (Å²) in [4.78, 5) is 23.7. The van der Waals surface area contributed by atoms with Crippen LogP contribution < -0.4 is 17.0 Å². The fraction of sp³-hybridized carbons (Fsp3) is 0.273. The van der Waals surface area contributed by atoms with E-state index in [0.717, 1.165) is 4.57 Å². The van der Waals surface area contributed by atoms with Gasteiger partial charge < -0.3 is 5.73 Å². The second kappa shape index (κ2) is 3.52. The summed E-state index contributed by atoms with van der Waals surface area (Å²) in [5.41, 5.74) is 6.18. The highest BCUT2D eigenvalue weighted by Crippen LogP contribution is 2.12. The molecule has 0 aliphatic heterocycles. The molecule has 1 heterocycles. The van der Waals surface area contributed by atoms with Gasteiger partial charge in [-0.1, -0.05) is 0 Å². The molecule has 0 saturated heterocycles. The van der Waals surface area contributed by atoms with Crippen LogP contribution in [0, 0.1) is 0 Å². The molecule has 0 aliphatic rings. The van der Waals surface area contributed by atoms with Gasteiger partial charge in [-0.25, -0.2) is 4.79 Å². The highest BCUT2D eigenvalue weighted by atomic mass is 16.2. The molecule has 0 spiro atoms. The summed E-state index contributed by atoms with van der Waals surface area (Å²) in [7, 11) is 1.47. The van der Waals surface area contributed by atoms with Gasteiger partial charge in [0.15, 0.2) is 0 Å². The molecule has 0 bridgehead atoms. The minimum absolute atomic E-state index is 0.301. The molecule has 1 aromatic carbocycles. The number of nitrogens with zero attached hydrogens (tertiary/aromatic N) is 2. The number of hydrogen-bond donors (Lipinski definition) is 1. The number of rotatable bonds is 1. The zero-order valence-electron chi connectivity index (χ0n) is 9.23. The molecule has 0 radical (unpaired) electrons. The van der Waals surface area contributed by atoms with Crippen molar-refractivity contribution in [3.05, 3.63) is 39.0 Å². The number of benzene rings is 1. The van der Waals surface area contributed by atoms with Gasteiger partial charge in [0, 0.05) is 19.3 Å². The van der Waals surface area contributed by atoms with Gasteiger partial charge in [-0.15, -0.1) is 0 Å². The average molecular weight is 219 g/mol. The second-order valence-electron chi connectivity index (χ2n) is 3.67. The number of hydrogen-bond acceptors (Lipinski definition) is 3. The van der Waals surface area contributed by atoms with Crippen molar-refractivity contribution in [2.45, 2.75) is 13.5 Å². The number of aromatic nitrogens is 2. The summed E-state index contributed by atoms with van der Waals surface area (Å²) >= 11 is 0. The largest absolute Gasteiger partial charge is 0.399 e. The summed E-state index contributed by atoms with van der Waals surface area (Å²) < 4.78 is 2.65. The summed E-state index contributed by atoms with van der Waals surface area (Å²) in [5.74, 6) is 0. The molecular formula is C11H13N3O2. The zero-order chi connectivity index (χ0) is 11.9. The second-order valence-corrected chi connectivity index (χ2v) is 3.67. The molecule has 0 amide bonds. The summed E-state index contributed by atoms with van der Waals surface area (Å²) in [6.07, 6.45) is 0. The predicted molar refractivity (Wildman–Crippen MR) is 63.5 cm³/mol. The van der Waals surface area contributed by atoms with Gasteiger partial charge in [-0.3, -0.25) is 13.9 Å². The Labute approximate surface area is 91.7 Å². The molecule has 0 fully saturated rings. The Hall–Kier alpha value is -2.04. The fourth-order valence-corrected chi connectivity index (χ4v) is 1.82. The Morgan fingerprint density at radius 3 is 2.62 bits per heavy atom. The van der Waals surface area contributed by atoms with Crippen LogP contribution in [0.3, 0.4) is 0 Å². The SMILES string of the molecule is CCn1c(=O)n(C)c(=O)c2cc(N)ccc21. The standard InChI is InChI=1S/C11H13N3O2/c1-3-14-9-5-4-7(12)6-8(9)10(15)13(2)11(14)16/h4-6H,3,12H2,1-2H3. The first-order valence-electron chi connectivity index (χ1n) is 5.05. The van der Waals surface area contributed by atoms with Gasteiger partial charge in [0.1, 0.15) is 0 Å². The van der Waals surface area contributed by atoms with E-state index in [2.05, 4.69) is 0 Å². The molecule has 84 valence electrons. The Morgan fingerprint density at radius 2 is 2.00 bits per heavy atom. The van der Waals surface area contributed by atoms with Crippen LogP contribution in [0.4, 0.5) is 5.69 Å². The lowest BCUT2D eigenvalue weighted by molar-refractivity contribution is 0.657. The molecule has 1 aromatic heterocycles. The van der Waals surface area contributed by atoms with E-state index in [-0.39, 0.29) is 11.2 Å². The molecule has 5 heteroatoms. The van der Waals surface area contributed by atoms with E-state index >= 15 is 0 Å². The molecule has 0 aliphatic carbocycles. The molecule has 0 unspecified atom stereocenters.